The molecule has 0 radical (unpaired) electrons. The lowest BCUT2D eigenvalue weighted by Gasteiger charge is -2.19. The van der Waals surface area contributed by atoms with Gasteiger partial charge in [-0.05, 0) is 29.5 Å². The van der Waals surface area contributed by atoms with Crippen LogP contribution in [-0.2, 0) is 4.79 Å². The van der Waals surface area contributed by atoms with Crippen LogP contribution in [0.2, 0.25) is 0 Å². The van der Waals surface area contributed by atoms with Crippen molar-refractivity contribution in [2.45, 2.75) is 26.3 Å². The maximum atomic E-state index is 12.3. The van der Waals surface area contributed by atoms with Crippen molar-refractivity contribution in [3.05, 3.63) is 58.4 Å². The number of phenols is 1. The van der Waals surface area contributed by atoms with Gasteiger partial charge in [0.15, 0.2) is 11.9 Å². The molecule has 3 N–H and O–H groups in total. The molecule has 3 rings (SSSR count). The average Bonchev–Trinajstić information content (AvgIpc) is 3.07. The highest BCUT2D eigenvalue weighted by Crippen LogP contribution is 2.35. The van der Waals surface area contributed by atoms with Gasteiger partial charge in [-0.1, -0.05) is 26.0 Å². The van der Waals surface area contributed by atoms with Crippen molar-refractivity contribution in [1.29, 1.82) is 0 Å². The molecule has 5 heteroatoms. The van der Waals surface area contributed by atoms with Gasteiger partial charge in [0.2, 0.25) is 5.91 Å². The molecule has 0 spiro atoms. The smallest absolute Gasteiger partial charge is 0.253 e. The van der Waals surface area contributed by atoms with E-state index >= 15 is 0 Å². The van der Waals surface area contributed by atoms with Crippen LogP contribution in [-0.4, -0.2) is 11.0 Å². The highest BCUT2D eigenvalue weighted by atomic mass is 32.1. The summed E-state index contributed by atoms with van der Waals surface area (Å²) in [6, 6.07) is 11.2. The fraction of sp³-hybridized carbons (Fsp3) is 0.263. The monoisotopic (exact) mass is 341 g/mol. The third-order valence-electron chi connectivity index (χ3n) is 3.88. The molecule has 4 nitrogen and oxygen atoms in total. The number of fused-ring (bicyclic) bond motifs is 1. The lowest BCUT2D eigenvalue weighted by Crippen LogP contribution is -2.29. The largest absolute Gasteiger partial charge is 0.502 e. The Kier molecular flexibility index (Phi) is 4.81. The van der Waals surface area contributed by atoms with Gasteiger partial charge in [-0.2, -0.15) is 0 Å². The summed E-state index contributed by atoms with van der Waals surface area (Å²) in [6.45, 7) is 4.03. The van der Waals surface area contributed by atoms with E-state index in [1.165, 1.54) is 0 Å². The third kappa shape index (κ3) is 3.41. The van der Waals surface area contributed by atoms with Crippen LogP contribution in [0.3, 0.4) is 0 Å². The maximum absolute atomic E-state index is 12.3. The van der Waals surface area contributed by atoms with E-state index in [1.807, 2.05) is 55.6 Å². The first-order chi connectivity index (χ1) is 11.6. The van der Waals surface area contributed by atoms with Crippen molar-refractivity contribution in [2.24, 2.45) is 5.92 Å². The van der Waals surface area contributed by atoms with E-state index < -0.39 is 0 Å². The maximum Gasteiger partial charge on any atom is 0.253 e. The van der Waals surface area contributed by atoms with E-state index in [0.717, 1.165) is 10.3 Å². The standard InChI is InChI=1S/C19H20N2O2S/c1-12(2)11-16(22)21-18(15-6-4-10-24-15)14-8-7-13-5-3-9-20-17(13)19(14)23/h3-10,12,18,23H,11H2,1-2H3,(H,21,22)/p+1. The Morgan fingerprint density at radius 2 is 2.08 bits per heavy atom. The molecule has 0 aliphatic rings. The average molecular weight is 341 g/mol. The van der Waals surface area contributed by atoms with E-state index in [4.69, 9.17) is 0 Å². The number of hydrogen-bond acceptors (Lipinski definition) is 3. The van der Waals surface area contributed by atoms with Crippen LogP contribution < -0.4 is 10.3 Å². The number of aromatic nitrogens is 1. The second kappa shape index (κ2) is 7.01. The molecular weight excluding hydrogens is 320 g/mol. The number of hydrogen-bond donors (Lipinski definition) is 2. The van der Waals surface area contributed by atoms with Gasteiger partial charge in [0.25, 0.3) is 5.52 Å². The van der Waals surface area contributed by atoms with Crippen LogP contribution in [0.1, 0.15) is 36.8 Å². The van der Waals surface area contributed by atoms with Crippen molar-refractivity contribution in [3.63, 3.8) is 0 Å². The number of amides is 1. The number of carbonyl (C=O) groups is 1. The van der Waals surface area contributed by atoms with E-state index in [1.54, 1.807) is 17.5 Å². The van der Waals surface area contributed by atoms with Crippen LogP contribution in [0.4, 0.5) is 0 Å². The van der Waals surface area contributed by atoms with Crippen molar-refractivity contribution >= 4 is 28.1 Å². The molecule has 124 valence electrons. The van der Waals surface area contributed by atoms with E-state index in [0.29, 0.717) is 17.5 Å². The number of rotatable bonds is 5. The summed E-state index contributed by atoms with van der Waals surface area (Å²) < 4.78 is 0. The number of H-pyrrole nitrogens is 1. The first kappa shape index (κ1) is 16.5. The zero-order valence-electron chi connectivity index (χ0n) is 13.7. The topological polar surface area (TPSA) is 63.5 Å². The molecule has 0 saturated heterocycles. The van der Waals surface area contributed by atoms with E-state index in [-0.39, 0.29) is 23.6 Å². The van der Waals surface area contributed by atoms with Gasteiger partial charge in [-0.3, -0.25) is 4.79 Å². The summed E-state index contributed by atoms with van der Waals surface area (Å²) in [6.07, 6.45) is 2.24. The molecule has 1 unspecified atom stereocenters. The van der Waals surface area contributed by atoms with Crippen molar-refractivity contribution < 1.29 is 14.9 Å². The molecular formula is C19H21N2O2S+. The van der Waals surface area contributed by atoms with Gasteiger partial charge in [0.1, 0.15) is 0 Å². The number of aromatic hydroxyl groups is 1. The predicted molar refractivity (Wildman–Crippen MR) is 95.9 cm³/mol. The van der Waals surface area contributed by atoms with E-state index in [2.05, 4.69) is 10.3 Å². The summed E-state index contributed by atoms with van der Waals surface area (Å²) in [7, 11) is 0. The Morgan fingerprint density at radius 3 is 2.79 bits per heavy atom. The molecule has 0 aliphatic heterocycles. The molecule has 0 aliphatic carbocycles. The van der Waals surface area contributed by atoms with Crippen LogP contribution in [0.25, 0.3) is 10.9 Å². The Morgan fingerprint density at radius 1 is 1.25 bits per heavy atom. The zero-order valence-corrected chi connectivity index (χ0v) is 14.6. The summed E-state index contributed by atoms with van der Waals surface area (Å²) in [5.41, 5.74) is 1.37. The summed E-state index contributed by atoms with van der Waals surface area (Å²) >= 11 is 1.56. The molecule has 3 aromatic rings. The number of phenolic OH excluding ortho intramolecular Hbond substituents is 1. The molecule has 1 aromatic carbocycles. The van der Waals surface area contributed by atoms with Crippen LogP contribution in [0, 0.1) is 5.92 Å². The number of thiophene rings is 1. The molecule has 2 aromatic heterocycles. The first-order valence-electron chi connectivity index (χ1n) is 8.01. The number of carbonyl (C=O) groups excluding carboxylic acids is 1. The van der Waals surface area contributed by atoms with Crippen molar-refractivity contribution in [2.75, 3.05) is 0 Å². The lowest BCUT2D eigenvalue weighted by molar-refractivity contribution is -0.345. The number of pyridine rings is 1. The van der Waals surface area contributed by atoms with Gasteiger partial charge >= 0.3 is 0 Å². The molecule has 0 bridgehead atoms. The van der Waals surface area contributed by atoms with Gasteiger partial charge < -0.3 is 10.4 Å². The highest BCUT2D eigenvalue weighted by molar-refractivity contribution is 7.10. The molecule has 0 saturated carbocycles. The quantitative estimate of drug-likeness (QED) is 0.744. The summed E-state index contributed by atoms with van der Waals surface area (Å²) in [4.78, 5) is 16.4. The van der Waals surface area contributed by atoms with Gasteiger partial charge in [-0.25, -0.2) is 4.98 Å². The minimum absolute atomic E-state index is 0.0139. The second-order valence-corrected chi connectivity index (χ2v) is 7.23. The summed E-state index contributed by atoms with van der Waals surface area (Å²) in [5.74, 6) is 0.448. The minimum Gasteiger partial charge on any atom is -0.502 e. The lowest BCUT2D eigenvalue weighted by atomic mass is 10.0. The fourth-order valence-corrected chi connectivity index (χ4v) is 3.57. The zero-order chi connectivity index (χ0) is 17.1. The van der Waals surface area contributed by atoms with Crippen LogP contribution in [0.15, 0.2) is 48.0 Å². The Hall–Kier alpha value is -2.40. The van der Waals surface area contributed by atoms with E-state index in [9.17, 15) is 9.90 Å². The number of benzene rings is 1. The van der Waals surface area contributed by atoms with Crippen LogP contribution >= 0.6 is 11.3 Å². The molecule has 2 heterocycles. The highest BCUT2D eigenvalue weighted by Gasteiger charge is 2.24. The van der Waals surface area contributed by atoms with Gasteiger partial charge in [0.05, 0.1) is 11.4 Å². The molecule has 1 amide bonds. The number of aromatic amines is 1. The Labute approximate surface area is 145 Å². The minimum atomic E-state index is -0.353. The van der Waals surface area contributed by atoms with Gasteiger partial charge in [-0.15, -0.1) is 11.3 Å². The SMILES string of the molecule is CC(C)CC(=O)NC(c1cccs1)c1ccc2ccc[nH+]c2c1O. The van der Waals surface area contributed by atoms with Crippen molar-refractivity contribution in [3.8, 4) is 5.75 Å². The normalized spacial score (nSPS) is 12.5. The summed E-state index contributed by atoms with van der Waals surface area (Å²) in [5, 5.41) is 16.7. The van der Waals surface area contributed by atoms with Crippen molar-refractivity contribution in [1.82, 2.24) is 5.32 Å². The molecule has 1 atom stereocenters. The Balaban J connectivity index is 2.03. The Bertz CT molecular complexity index is 844. The predicted octanol–water partition coefficient (Wildman–Crippen LogP) is 3.67. The molecule has 0 fully saturated rings. The third-order valence-corrected chi connectivity index (χ3v) is 4.82. The first-order valence-corrected chi connectivity index (χ1v) is 8.89. The number of nitrogens with one attached hydrogen (secondary N) is 2. The second-order valence-electron chi connectivity index (χ2n) is 6.25. The van der Waals surface area contributed by atoms with Gasteiger partial charge in [0, 0.05) is 22.9 Å². The fourth-order valence-electron chi connectivity index (χ4n) is 2.78. The van der Waals surface area contributed by atoms with Crippen LogP contribution in [0.5, 0.6) is 5.75 Å². The molecule has 24 heavy (non-hydrogen) atoms.